The second kappa shape index (κ2) is 3.84. The third-order valence-corrected chi connectivity index (χ3v) is 4.69. The van der Waals surface area contributed by atoms with E-state index in [4.69, 9.17) is 0 Å². The van der Waals surface area contributed by atoms with Crippen LogP contribution in [0.15, 0.2) is 0 Å². The lowest BCUT2D eigenvalue weighted by molar-refractivity contribution is -0.0661. The van der Waals surface area contributed by atoms with Crippen LogP contribution in [0.4, 0.5) is 0 Å². The van der Waals surface area contributed by atoms with Gasteiger partial charge < -0.3 is 5.11 Å². The van der Waals surface area contributed by atoms with Crippen LogP contribution in [0.3, 0.4) is 0 Å². The van der Waals surface area contributed by atoms with Gasteiger partial charge in [-0.2, -0.15) is 0 Å². The van der Waals surface area contributed by atoms with Gasteiger partial charge in [0.25, 0.3) is 0 Å². The van der Waals surface area contributed by atoms with Crippen molar-refractivity contribution in [3.8, 4) is 0 Å². The lowest BCUT2D eigenvalue weighted by Gasteiger charge is -2.45. The highest BCUT2D eigenvalue weighted by Gasteiger charge is 2.41. The maximum absolute atomic E-state index is 10.3. The molecule has 3 unspecified atom stereocenters. The molecule has 0 aromatic heterocycles. The van der Waals surface area contributed by atoms with Crippen molar-refractivity contribution in [2.24, 2.45) is 17.3 Å². The predicted molar refractivity (Wildman–Crippen MR) is 61.2 cm³/mol. The van der Waals surface area contributed by atoms with Gasteiger partial charge in [-0.15, -0.1) is 0 Å². The molecular weight excluding hydrogens is 172 g/mol. The van der Waals surface area contributed by atoms with Crippen LogP contribution >= 0.6 is 0 Å². The fourth-order valence-electron chi connectivity index (χ4n) is 2.52. The van der Waals surface area contributed by atoms with Crippen molar-refractivity contribution in [3.63, 3.8) is 0 Å². The second-order valence-corrected chi connectivity index (χ2v) is 6.08. The van der Waals surface area contributed by atoms with E-state index in [1.807, 2.05) is 6.92 Å². The van der Waals surface area contributed by atoms with E-state index >= 15 is 0 Å². The smallest absolute Gasteiger partial charge is 0.0648 e. The second-order valence-electron chi connectivity index (χ2n) is 6.08. The molecule has 1 aliphatic carbocycles. The molecule has 0 aromatic carbocycles. The van der Waals surface area contributed by atoms with E-state index in [9.17, 15) is 5.11 Å². The Kier molecular flexibility index (Phi) is 3.30. The van der Waals surface area contributed by atoms with Crippen molar-refractivity contribution < 1.29 is 5.11 Å². The van der Waals surface area contributed by atoms with E-state index in [2.05, 4.69) is 27.7 Å². The highest BCUT2D eigenvalue weighted by atomic mass is 16.3. The van der Waals surface area contributed by atoms with Crippen LogP contribution in [0.2, 0.25) is 0 Å². The van der Waals surface area contributed by atoms with Crippen LogP contribution in [0.1, 0.15) is 60.3 Å². The molecular formula is C13H26O. The number of aliphatic hydroxyl groups is 1. The summed E-state index contributed by atoms with van der Waals surface area (Å²) in [7, 11) is 0. The topological polar surface area (TPSA) is 20.2 Å². The Labute approximate surface area is 88.9 Å². The van der Waals surface area contributed by atoms with Crippen molar-refractivity contribution in [1.29, 1.82) is 0 Å². The summed E-state index contributed by atoms with van der Waals surface area (Å²) in [5.74, 6) is 1.16. The molecule has 1 heteroatoms. The van der Waals surface area contributed by atoms with Crippen LogP contribution in [-0.4, -0.2) is 10.7 Å². The molecule has 0 aliphatic heterocycles. The maximum atomic E-state index is 10.3. The maximum Gasteiger partial charge on any atom is 0.0648 e. The third-order valence-electron chi connectivity index (χ3n) is 4.69. The Morgan fingerprint density at radius 3 is 2.36 bits per heavy atom. The highest BCUT2D eigenvalue weighted by Crippen LogP contribution is 2.45. The van der Waals surface area contributed by atoms with Gasteiger partial charge in [-0.1, -0.05) is 34.1 Å². The minimum Gasteiger partial charge on any atom is -0.390 e. The minimum atomic E-state index is -0.435. The first-order chi connectivity index (χ1) is 6.29. The summed E-state index contributed by atoms with van der Waals surface area (Å²) >= 11 is 0. The van der Waals surface area contributed by atoms with Crippen LogP contribution in [0, 0.1) is 17.3 Å². The Hall–Kier alpha value is -0.0400. The molecule has 0 heterocycles. The molecule has 0 bridgehead atoms. The summed E-state index contributed by atoms with van der Waals surface area (Å²) < 4.78 is 0. The normalized spacial score (nSPS) is 39.9. The quantitative estimate of drug-likeness (QED) is 0.718. The fraction of sp³-hybridized carbons (Fsp3) is 1.00. The zero-order valence-electron chi connectivity index (χ0n) is 10.4. The van der Waals surface area contributed by atoms with Crippen LogP contribution in [-0.2, 0) is 0 Å². The molecule has 0 aromatic rings. The van der Waals surface area contributed by atoms with E-state index in [1.165, 1.54) is 19.3 Å². The molecule has 0 spiro atoms. The molecule has 1 saturated carbocycles. The Morgan fingerprint density at radius 2 is 1.93 bits per heavy atom. The number of hydrogen-bond donors (Lipinski definition) is 1. The molecule has 84 valence electrons. The van der Waals surface area contributed by atoms with Crippen molar-refractivity contribution in [2.75, 3.05) is 0 Å². The van der Waals surface area contributed by atoms with Gasteiger partial charge >= 0.3 is 0 Å². The summed E-state index contributed by atoms with van der Waals surface area (Å²) in [4.78, 5) is 0. The molecule has 14 heavy (non-hydrogen) atoms. The highest BCUT2D eigenvalue weighted by molar-refractivity contribution is 4.92. The molecule has 0 amide bonds. The summed E-state index contributed by atoms with van der Waals surface area (Å²) in [5, 5.41) is 10.3. The van der Waals surface area contributed by atoms with Gasteiger partial charge in [-0.25, -0.2) is 0 Å². The Morgan fingerprint density at radius 1 is 1.36 bits per heavy atom. The number of hydrogen-bond acceptors (Lipinski definition) is 1. The van der Waals surface area contributed by atoms with Crippen LogP contribution in [0.5, 0.6) is 0 Å². The zero-order valence-corrected chi connectivity index (χ0v) is 10.4. The van der Waals surface area contributed by atoms with E-state index < -0.39 is 5.60 Å². The van der Waals surface area contributed by atoms with E-state index in [0.717, 1.165) is 6.42 Å². The van der Waals surface area contributed by atoms with Gasteiger partial charge in [-0.3, -0.25) is 0 Å². The van der Waals surface area contributed by atoms with Gasteiger partial charge in [0.05, 0.1) is 5.60 Å². The van der Waals surface area contributed by atoms with E-state index in [-0.39, 0.29) is 0 Å². The monoisotopic (exact) mass is 198 g/mol. The average Bonchev–Trinajstić information content (AvgIpc) is 2.09. The van der Waals surface area contributed by atoms with Gasteiger partial charge in [0.2, 0.25) is 0 Å². The van der Waals surface area contributed by atoms with Crippen LogP contribution in [0.25, 0.3) is 0 Å². The van der Waals surface area contributed by atoms with Gasteiger partial charge in [0, 0.05) is 0 Å². The summed E-state index contributed by atoms with van der Waals surface area (Å²) in [6, 6.07) is 0. The summed E-state index contributed by atoms with van der Waals surface area (Å²) in [5.41, 5.74) is -0.0422. The Bertz CT molecular complexity index is 191. The fourth-order valence-corrected chi connectivity index (χ4v) is 2.52. The summed E-state index contributed by atoms with van der Waals surface area (Å²) in [6.07, 6.45) is 4.66. The SMILES string of the molecule is CCC(C)(C)C1CCC(C)C(C)(O)C1. The van der Waals surface area contributed by atoms with Crippen molar-refractivity contribution in [2.45, 2.75) is 65.9 Å². The van der Waals surface area contributed by atoms with Crippen molar-refractivity contribution >= 4 is 0 Å². The zero-order chi connectivity index (χ0) is 11.0. The molecule has 1 fully saturated rings. The lowest BCUT2D eigenvalue weighted by Crippen LogP contribution is -2.43. The number of rotatable bonds is 2. The molecule has 3 atom stereocenters. The van der Waals surface area contributed by atoms with E-state index in [0.29, 0.717) is 17.3 Å². The molecule has 1 aliphatic rings. The third kappa shape index (κ3) is 2.31. The largest absolute Gasteiger partial charge is 0.390 e. The first-order valence-electron chi connectivity index (χ1n) is 6.02. The van der Waals surface area contributed by atoms with Crippen molar-refractivity contribution in [1.82, 2.24) is 0 Å². The first kappa shape index (κ1) is 12.0. The van der Waals surface area contributed by atoms with Gasteiger partial charge in [0.15, 0.2) is 0 Å². The van der Waals surface area contributed by atoms with E-state index in [1.54, 1.807) is 0 Å². The van der Waals surface area contributed by atoms with Crippen molar-refractivity contribution in [3.05, 3.63) is 0 Å². The molecule has 0 saturated heterocycles. The standard InChI is InChI=1S/C13H26O/c1-6-12(3,4)11-8-7-10(2)13(5,14)9-11/h10-11,14H,6-9H2,1-5H3. The molecule has 0 radical (unpaired) electrons. The molecule has 1 nitrogen and oxygen atoms in total. The summed E-state index contributed by atoms with van der Waals surface area (Å²) in [6.45, 7) is 11.1. The Balaban J connectivity index is 2.69. The van der Waals surface area contributed by atoms with Gasteiger partial charge in [0.1, 0.15) is 0 Å². The first-order valence-corrected chi connectivity index (χ1v) is 6.02. The van der Waals surface area contributed by atoms with Crippen LogP contribution < -0.4 is 0 Å². The minimum absolute atomic E-state index is 0.393. The van der Waals surface area contributed by atoms with Gasteiger partial charge in [-0.05, 0) is 43.4 Å². The average molecular weight is 198 g/mol. The lowest BCUT2D eigenvalue weighted by atomic mass is 9.63. The molecule has 1 N–H and O–H groups in total. The molecule has 1 rings (SSSR count). The predicted octanol–water partition coefficient (Wildman–Crippen LogP) is 3.61.